The van der Waals surface area contributed by atoms with Crippen LogP contribution in [0.25, 0.3) is 11.0 Å². The van der Waals surface area contributed by atoms with Gasteiger partial charge in [-0.15, -0.1) is 0 Å². The van der Waals surface area contributed by atoms with E-state index in [4.69, 9.17) is 11.6 Å². The Bertz CT molecular complexity index is 872. The molecule has 3 aromatic rings. The zero-order valence-corrected chi connectivity index (χ0v) is 14.6. The molecule has 0 amide bonds. The molecule has 108 valence electrons. The Labute approximate surface area is 142 Å². The lowest BCUT2D eigenvalue weighted by atomic mass is 10.2. The first-order valence-corrected chi connectivity index (χ1v) is 8.08. The van der Waals surface area contributed by atoms with Gasteiger partial charge in [-0.3, -0.25) is 0 Å². The molecule has 0 fully saturated rings. The van der Waals surface area contributed by atoms with E-state index < -0.39 is 0 Å². The molecule has 0 saturated heterocycles. The maximum absolute atomic E-state index is 11.3. The van der Waals surface area contributed by atoms with E-state index in [0.717, 1.165) is 31.2 Å². The highest BCUT2D eigenvalue weighted by molar-refractivity contribution is 9.11. The fourth-order valence-corrected chi connectivity index (χ4v) is 3.35. The Morgan fingerprint density at radius 2 is 1.76 bits per heavy atom. The van der Waals surface area contributed by atoms with Crippen molar-refractivity contribution in [2.45, 2.75) is 6.54 Å². The lowest BCUT2D eigenvalue weighted by Gasteiger charge is -2.10. The molecular weight excluding hydrogens is 421 g/mol. The number of halogens is 3. The van der Waals surface area contributed by atoms with Crippen LogP contribution < -0.4 is 11.0 Å². The molecule has 1 aromatic heterocycles. The summed E-state index contributed by atoms with van der Waals surface area (Å²) in [5, 5.41) is 4.03. The summed E-state index contributed by atoms with van der Waals surface area (Å²) in [7, 11) is 0. The summed E-state index contributed by atoms with van der Waals surface area (Å²) < 4.78 is 1.84. The van der Waals surface area contributed by atoms with Crippen molar-refractivity contribution in [3.8, 4) is 0 Å². The molecule has 0 saturated carbocycles. The van der Waals surface area contributed by atoms with Crippen molar-refractivity contribution < 1.29 is 0 Å². The second kappa shape index (κ2) is 5.87. The fraction of sp³-hybridized carbons (Fsp3) is 0.0714. The lowest BCUT2D eigenvalue weighted by molar-refractivity contribution is 1.13. The van der Waals surface area contributed by atoms with Crippen molar-refractivity contribution >= 4 is 60.2 Å². The van der Waals surface area contributed by atoms with Crippen LogP contribution in [-0.4, -0.2) is 9.97 Å². The van der Waals surface area contributed by atoms with Gasteiger partial charge >= 0.3 is 5.69 Å². The van der Waals surface area contributed by atoms with Gasteiger partial charge in [-0.25, -0.2) is 4.79 Å². The van der Waals surface area contributed by atoms with Crippen LogP contribution in [0.1, 0.15) is 5.56 Å². The van der Waals surface area contributed by atoms with Gasteiger partial charge in [0.15, 0.2) is 0 Å². The third kappa shape index (κ3) is 3.17. The molecule has 0 aliphatic carbocycles. The molecule has 0 radical (unpaired) electrons. The van der Waals surface area contributed by atoms with E-state index in [1.807, 2.05) is 30.3 Å². The summed E-state index contributed by atoms with van der Waals surface area (Å²) in [6, 6.07) is 9.43. The molecule has 0 aliphatic rings. The molecule has 2 aromatic carbocycles. The number of nitrogens with one attached hydrogen (secondary N) is 3. The molecule has 0 aliphatic heterocycles. The number of aromatic amines is 2. The number of anilines is 1. The average molecular weight is 432 g/mol. The van der Waals surface area contributed by atoms with Gasteiger partial charge in [0.2, 0.25) is 0 Å². The summed E-state index contributed by atoms with van der Waals surface area (Å²) in [4.78, 5) is 16.8. The van der Waals surface area contributed by atoms with Crippen LogP contribution in [0.2, 0.25) is 5.02 Å². The van der Waals surface area contributed by atoms with Gasteiger partial charge < -0.3 is 15.3 Å². The Kier molecular flexibility index (Phi) is 4.10. The second-order valence-corrected chi connectivity index (χ2v) is 6.69. The molecule has 7 heteroatoms. The standard InChI is InChI=1S/C14H10Br2ClN3O/c15-9-3-8(17)2-1-7(9)6-18-11-5-13-12(4-10(11)16)19-14(21)20-13/h1-5,18H,6H2,(H2,19,20,21). The van der Waals surface area contributed by atoms with E-state index in [0.29, 0.717) is 11.6 Å². The SMILES string of the molecule is O=c1[nH]c2cc(Br)c(NCc3ccc(Cl)cc3Br)cc2[nH]1. The molecule has 0 unspecified atom stereocenters. The number of aromatic nitrogens is 2. The Balaban J connectivity index is 1.87. The predicted molar refractivity (Wildman–Crippen MR) is 93.1 cm³/mol. The van der Waals surface area contributed by atoms with E-state index in [-0.39, 0.29) is 5.69 Å². The molecular formula is C14H10Br2ClN3O. The first-order chi connectivity index (χ1) is 10.0. The molecule has 21 heavy (non-hydrogen) atoms. The molecule has 0 bridgehead atoms. The summed E-state index contributed by atoms with van der Waals surface area (Å²) in [6.45, 7) is 0.635. The third-order valence-corrected chi connectivity index (χ3v) is 4.72. The average Bonchev–Trinajstić information content (AvgIpc) is 2.76. The van der Waals surface area contributed by atoms with E-state index >= 15 is 0 Å². The number of benzene rings is 2. The van der Waals surface area contributed by atoms with Crippen LogP contribution in [0.15, 0.2) is 44.1 Å². The Hall–Kier alpha value is -1.24. The minimum Gasteiger partial charge on any atom is -0.380 e. The third-order valence-electron chi connectivity index (χ3n) is 3.09. The number of hydrogen-bond donors (Lipinski definition) is 3. The van der Waals surface area contributed by atoms with Gasteiger partial charge in [-0.05, 0) is 45.8 Å². The first kappa shape index (κ1) is 14.7. The van der Waals surface area contributed by atoms with Gasteiger partial charge in [-0.2, -0.15) is 0 Å². The van der Waals surface area contributed by atoms with Gasteiger partial charge in [0.1, 0.15) is 0 Å². The molecule has 4 nitrogen and oxygen atoms in total. The number of H-pyrrole nitrogens is 2. The zero-order valence-electron chi connectivity index (χ0n) is 10.6. The minimum atomic E-state index is -0.213. The molecule has 0 spiro atoms. The maximum atomic E-state index is 11.3. The number of rotatable bonds is 3. The highest BCUT2D eigenvalue weighted by atomic mass is 79.9. The number of imidazole rings is 1. The molecule has 1 heterocycles. The normalized spacial score (nSPS) is 11.0. The zero-order chi connectivity index (χ0) is 15.0. The topological polar surface area (TPSA) is 60.7 Å². The highest BCUT2D eigenvalue weighted by Gasteiger charge is 2.06. The van der Waals surface area contributed by atoms with Crippen molar-refractivity contribution in [1.29, 1.82) is 0 Å². The van der Waals surface area contributed by atoms with Crippen molar-refractivity contribution in [2.24, 2.45) is 0 Å². The first-order valence-electron chi connectivity index (χ1n) is 6.12. The van der Waals surface area contributed by atoms with Crippen LogP contribution in [0.4, 0.5) is 5.69 Å². The summed E-state index contributed by atoms with van der Waals surface area (Å²) in [5.41, 5.74) is 3.31. The van der Waals surface area contributed by atoms with Crippen molar-refractivity contribution in [2.75, 3.05) is 5.32 Å². The van der Waals surface area contributed by atoms with Gasteiger partial charge in [0, 0.05) is 20.5 Å². The summed E-state index contributed by atoms with van der Waals surface area (Å²) in [6.07, 6.45) is 0. The number of hydrogen-bond acceptors (Lipinski definition) is 2. The quantitative estimate of drug-likeness (QED) is 0.566. The molecule has 0 atom stereocenters. The largest absolute Gasteiger partial charge is 0.380 e. The number of fused-ring (bicyclic) bond motifs is 1. The minimum absolute atomic E-state index is 0.213. The fourth-order valence-electron chi connectivity index (χ4n) is 2.05. The smallest absolute Gasteiger partial charge is 0.323 e. The van der Waals surface area contributed by atoms with Crippen LogP contribution in [0.5, 0.6) is 0 Å². The van der Waals surface area contributed by atoms with Crippen LogP contribution in [-0.2, 0) is 6.54 Å². The van der Waals surface area contributed by atoms with E-state index in [1.54, 1.807) is 0 Å². The monoisotopic (exact) mass is 429 g/mol. The Morgan fingerprint density at radius 1 is 1.05 bits per heavy atom. The Morgan fingerprint density at radius 3 is 2.48 bits per heavy atom. The molecule has 3 N–H and O–H groups in total. The van der Waals surface area contributed by atoms with E-state index in [2.05, 4.69) is 47.1 Å². The predicted octanol–water partition coefficient (Wildman–Crippen LogP) is 4.65. The summed E-state index contributed by atoms with van der Waals surface area (Å²) >= 11 is 12.9. The van der Waals surface area contributed by atoms with E-state index in [1.165, 1.54) is 0 Å². The van der Waals surface area contributed by atoms with Gasteiger partial charge in [0.05, 0.1) is 16.7 Å². The van der Waals surface area contributed by atoms with Crippen molar-refractivity contribution in [3.63, 3.8) is 0 Å². The van der Waals surface area contributed by atoms with Gasteiger partial charge in [-0.1, -0.05) is 33.6 Å². The molecule has 3 rings (SSSR count). The second-order valence-electron chi connectivity index (χ2n) is 4.55. The van der Waals surface area contributed by atoms with Crippen molar-refractivity contribution in [3.05, 3.63) is 60.3 Å². The van der Waals surface area contributed by atoms with Crippen LogP contribution in [0, 0.1) is 0 Å². The maximum Gasteiger partial charge on any atom is 0.323 e. The van der Waals surface area contributed by atoms with Crippen LogP contribution >= 0.6 is 43.5 Å². The van der Waals surface area contributed by atoms with E-state index in [9.17, 15) is 4.79 Å². The highest BCUT2D eigenvalue weighted by Crippen LogP contribution is 2.28. The van der Waals surface area contributed by atoms with Gasteiger partial charge in [0.25, 0.3) is 0 Å². The lowest BCUT2D eigenvalue weighted by Crippen LogP contribution is -2.01. The van der Waals surface area contributed by atoms with Crippen molar-refractivity contribution in [1.82, 2.24) is 9.97 Å². The van der Waals surface area contributed by atoms with Crippen LogP contribution in [0.3, 0.4) is 0 Å². The summed E-state index contributed by atoms with van der Waals surface area (Å²) in [5.74, 6) is 0.